The van der Waals surface area contributed by atoms with Gasteiger partial charge in [0.2, 0.25) is 5.91 Å². The van der Waals surface area contributed by atoms with Gasteiger partial charge in [0.15, 0.2) is 0 Å². The van der Waals surface area contributed by atoms with Crippen molar-refractivity contribution in [1.29, 1.82) is 0 Å². The van der Waals surface area contributed by atoms with Crippen molar-refractivity contribution in [3.63, 3.8) is 0 Å². The van der Waals surface area contributed by atoms with Crippen molar-refractivity contribution in [2.24, 2.45) is 0 Å². The average Bonchev–Trinajstić information content (AvgIpc) is 2.56. The lowest BCUT2D eigenvalue weighted by Gasteiger charge is -2.25. The van der Waals surface area contributed by atoms with Gasteiger partial charge in [0.25, 0.3) is 0 Å². The molecule has 2 rings (SSSR count). The summed E-state index contributed by atoms with van der Waals surface area (Å²) >= 11 is 0. The summed E-state index contributed by atoms with van der Waals surface area (Å²) in [4.78, 5) is 14.5. The van der Waals surface area contributed by atoms with Crippen LogP contribution < -0.4 is 10.1 Å². The molecule has 23 heavy (non-hydrogen) atoms. The smallest absolute Gasteiger partial charge is 0.241 e. The number of benzene rings is 2. The maximum absolute atomic E-state index is 12.5. The van der Waals surface area contributed by atoms with E-state index in [0.29, 0.717) is 11.4 Å². The van der Waals surface area contributed by atoms with Crippen LogP contribution in [0.25, 0.3) is 0 Å². The van der Waals surface area contributed by atoms with Gasteiger partial charge in [-0.3, -0.25) is 9.69 Å². The number of anilines is 1. The van der Waals surface area contributed by atoms with Gasteiger partial charge >= 0.3 is 0 Å². The molecule has 0 fully saturated rings. The standard InChI is InChI=1S/C19H24N2O2/c1-14-9-5-6-10-16(14)13-21(3)15(2)19(22)20-17-11-7-8-12-18(17)23-4/h5-12,15H,13H2,1-4H3,(H,20,22)/t15-/m0/s1. The molecule has 1 atom stereocenters. The first kappa shape index (κ1) is 17.0. The highest BCUT2D eigenvalue weighted by molar-refractivity contribution is 5.95. The van der Waals surface area contributed by atoms with Gasteiger partial charge in [-0.25, -0.2) is 0 Å². The van der Waals surface area contributed by atoms with E-state index in [9.17, 15) is 4.79 Å². The molecule has 1 N–H and O–H groups in total. The maximum atomic E-state index is 12.5. The highest BCUT2D eigenvalue weighted by atomic mass is 16.5. The van der Waals surface area contributed by atoms with Crippen molar-refractivity contribution in [3.05, 3.63) is 59.7 Å². The third kappa shape index (κ3) is 4.33. The monoisotopic (exact) mass is 312 g/mol. The minimum absolute atomic E-state index is 0.0504. The van der Waals surface area contributed by atoms with Crippen LogP contribution in [0, 0.1) is 6.92 Å². The van der Waals surface area contributed by atoms with Crippen LogP contribution in [0.3, 0.4) is 0 Å². The summed E-state index contributed by atoms with van der Waals surface area (Å²) in [6, 6.07) is 15.4. The third-order valence-corrected chi connectivity index (χ3v) is 4.09. The molecule has 0 aliphatic heterocycles. The van der Waals surface area contributed by atoms with Crippen LogP contribution in [0.4, 0.5) is 5.69 Å². The SMILES string of the molecule is COc1ccccc1NC(=O)[C@H](C)N(C)Cc1ccccc1C. The Morgan fingerprint density at radius 1 is 1.17 bits per heavy atom. The van der Waals surface area contributed by atoms with Crippen molar-refractivity contribution in [3.8, 4) is 5.75 Å². The molecule has 0 heterocycles. The second-order valence-electron chi connectivity index (χ2n) is 5.71. The zero-order chi connectivity index (χ0) is 16.8. The fraction of sp³-hybridized carbons (Fsp3) is 0.316. The summed E-state index contributed by atoms with van der Waals surface area (Å²) in [5.41, 5.74) is 3.15. The van der Waals surface area contributed by atoms with E-state index in [1.807, 2.05) is 55.3 Å². The van der Waals surface area contributed by atoms with E-state index in [1.165, 1.54) is 11.1 Å². The molecule has 122 valence electrons. The predicted octanol–water partition coefficient (Wildman–Crippen LogP) is 3.46. The van der Waals surface area contributed by atoms with Crippen LogP contribution in [-0.2, 0) is 11.3 Å². The number of nitrogens with one attached hydrogen (secondary N) is 1. The van der Waals surface area contributed by atoms with Gasteiger partial charge in [0.1, 0.15) is 5.75 Å². The second kappa shape index (κ2) is 7.79. The molecule has 0 saturated heterocycles. The maximum Gasteiger partial charge on any atom is 0.241 e. The topological polar surface area (TPSA) is 41.6 Å². The molecule has 0 spiro atoms. The van der Waals surface area contributed by atoms with Gasteiger partial charge in [-0.2, -0.15) is 0 Å². The minimum atomic E-state index is -0.250. The zero-order valence-corrected chi connectivity index (χ0v) is 14.2. The molecule has 1 amide bonds. The molecule has 2 aromatic rings. The number of nitrogens with zero attached hydrogens (tertiary/aromatic N) is 1. The lowest BCUT2D eigenvalue weighted by molar-refractivity contribution is -0.120. The Morgan fingerprint density at radius 3 is 2.52 bits per heavy atom. The first-order chi connectivity index (χ1) is 11.0. The number of hydrogen-bond donors (Lipinski definition) is 1. The van der Waals surface area contributed by atoms with Crippen LogP contribution in [0.5, 0.6) is 5.75 Å². The quantitative estimate of drug-likeness (QED) is 0.888. The van der Waals surface area contributed by atoms with Crippen molar-refractivity contribution in [2.45, 2.75) is 26.4 Å². The van der Waals surface area contributed by atoms with Gasteiger partial charge in [0.05, 0.1) is 18.8 Å². The van der Waals surface area contributed by atoms with E-state index in [4.69, 9.17) is 4.74 Å². The Kier molecular flexibility index (Phi) is 5.77. The first-order valence-electron chi connectivity index (χ1n) is 7.71. The van der Waals surface area contributed by atoms with Crippen LogP contribution in [0.2, 0.25) is 0 Å². The van der Waals surface area contributed by atoms with Crippen molar-refractivity contribution >= 4 is 11.6 Å². The van der Waals surface area contributed by atoms with Crippen LogP contribution in [0.1, 0.15) is 18.1 Å². The van der Waals surface area contributed by atoms with Crippen molar-refractivity contribution < 1.29 is 9.53 Å². The average molecular weight is 312 g/mol. The lowest BCUT2D eigenvalue weighted by Crippen LogP contribution is -2.39. The van der Waals surface area contributed by atoms with E-state index < -0.39 is 0 Å². The molecule has 0 aliphatic rings. The molecule has 4 nitrogen and oxygen atoms in total. The molecule has 0 aromatic heterocycles. The largest absolute Gasteiger partial charge is 0.495 e. The Bertz CT molecular complexity index is 670. The fourth-order valence-electron chi connectivity index (χ4n) is 2.38. The van der Waals surface area contributed by atoms with E-state index >= 15 is 0 Å². The molecule has 2 aromatic carbocycles. The number of aryl methyl sites for hydroxylation is 1. The second-order valence-corrected chi connectivity index (χ2v) is 5.71. The first-order valence-corrected chi connectivity index (χ1v) is 7.71. The molecular formula is C19H24N2O2. The molecule has 0 radical (unpaired) electrons. The zero-order valence-electron chi connectivity index (χ0n) is 14.2. The third-order valence-electron chi connectivity index (χ3n) is 4.09. The Hall–Kier alpha value is -2.33. The lowest BCUT2D eigenvalue weighted by atomic mass is 10.1. The van der Waals surface area contributed by atoms with Crippen LogP contribution in [0.15, 0.2) is 48.5 Å². The molecule has 0 bridgehead atoms. The minimum Gasteiger partial charge on any atom is -0.495 e. The number of ether oxygens (including phenoxy) is 1. The number of rotatable bonds is 6. The summed E-state index contributed by atoms with van der Waals surface area (Å²) in [6.07, 6.45) is 0. The van der Waals surface area contributed by atoms with E-state index in [1.54, 1.807) is 7.11 Å². The molecule has 4 heteroatoms. The molecule has 0 unspecified atom stereocenters. The number of hydrogen-bond acceptors (Lipinski definition) is 3. The predicted molar refractivity (Wildman–Crippen MR) is 93.7 cm³/mol. The highest BCUT2D eigenvalue weighted by Crippen LogP contribution is 2.23. The Balaban J connectivity index is 2.03. The fourth-order valence-corrected chi connectivity index (χ4v) is 2.38. The van der Waals surface area contributed by atoms with E-state index in [0.717, 1.165) is 6.54 Å². The Morgan fingerprint density at radius 2 is 1.83 bits per heavy atom. The summed E-state index contributed by atoms with van der Waals surface area (Å²) in [6.45, 7) is 4.72. The molecule has 0 aliphatic carbocycles. The molecule has 0 saturated carbocycles. The highest BCUT2D eigenvalue weighted by Gasteiger charge is 2.19. The number of para-hydroxylation sites is 2. The summed E-state index contributed by atoms with van der Waals surface area (Å²) < 4.78 is 5.27. The van der Waals surface area contributed by atoms with Crippen molar-refractivity contribution in [1.82, 2.24) is 4.90 Å². The Labute approximate surface area is 138 Å². The summed E-state index contributed by atoms with van der Waals surface area (Å²) in [5.74, 6) is 0.611. The van der Waals surface area contributed by atoms with E-state index in [2.05, 4.69) is 24.4 Å². The van der Waals surface area contributed by atoms with Crippen molar-refractivity contribution in [2.75, 3.05) is 19.5 Å². The van der Waals surface area contributed by atoms with E-state index in [-0.39, 0.29) is 11.9 Å². The number of carbonyl (C=O) groups is 1. The number of methoxy groups -OCH3 is 1. The van der Waals surface area contributed by atoms with Crippen LogP contribution >= 0.6 is 0 Å². The van der Waals surface area contributed by atoms with Gasteiger partial charge in [-0.15, -0.1) is 0 Å². The molecular weight excluding hydrogens is 288 g/mol. The number of carbonyl (C=O) groups excluding carboxylic acids is 1. The summed E-state index contributed by atoms with van der Waals surface area (Å²) in [7, 11) is 3.55. The normalized spacial score (nSPS) is 12.0. The number of amides is 1. The van der Waals surface area contributed by atoms with Gasteiger partial charge in [0, 0.05) is 6.54 Å². The van der Waals surface area contributed by atoms with Gasteiger partial charge < -0.3 is 10.1 Å². The van der Waals surface area contributed by atoms with Gasteiger partial charge in [-0.1, -0.05) is 36.4 Å². The van der Waals surface area contributed by atoms with Gasteiger partial charge in [-0.05, 0) is 44.2 Å². The summed E-state index contributed by atoms with van der Waals surface area (Å²) in [5, 5.41) is 2.94. The van der Waals surface area contributed by atoms with Crippen LogP contribution in [-0.4, -0.2) is 31.0 Å². The number of likely N-dealkylation sites (N-methyl/N-ethyl adjacent to an activating group) is 1.